The molecule has 0 heterocycles. The fourth-order valence-corrected chi connectivity index (χ4v) is 1.05. The predicted molar refractivity (Wildman–Crippen MR) is 49.4 cm³/mol. The van der Waals surface area contributed by atoms with Gasteiger partial charge in [0.2, 0.25) is 0 Å². The number of para-hydroxylation sites is 1. The van der Waals surface area contributed by atoms with Crippen LogP contribution in [0.4, 0.5) is 5.69 Å². The Labute approximate surface area is 75.9 Å². The minimum absolute atomic E-state index is 0.352. The molecule has 0 aromatic heterocycles. The number of methoxy groups -OCH3 is 1. The topological polar surface area (TPSA) is 52.3 Å². The van der Waals surface area contributed by atoms with Gasteiger partial charge in [-0.1, -0.05) is 6.07 Å². The number of anilines is 1. The van der Waals surface area contributed by atoms with E-state index in [-0.39, 0.29) is 0 Å². The number of nitrogen functional groups attached to an aromatic ring is 1. The highest BCUT2D eigenvalue weighted by molar-refractivity contribution is 7.80. The van der Waals surface area contributed by atoms with E-state index in [1.807, 2.05) is 0 Å². The van der Waals surface area contributed by atoms with Crippen molar-refractivity contribution in [1.29, 1.82) is 0 Å². The first-order valence-electron chi connectivity index (χ1n) is 3.32. The number of benzene rings is 1. The number of nitrogens with two attached hydrogens (primary N) is 1. The van der Waals surface area contributed by atoms with Crippen LogP contribution in [0, 0.1) is 0 Å². The summed E-state index contributed by atoms with van der Waals surface area (Å²) >= 11 is 4.07. The Morgan fingerprint density at radius 2 is 2.25 bits per heavy atom. The van der Waals surface area contributed by atoms with Crippen LogP contribution in [0.15, 0.2) is 23.1 Å². The molecule has 4 heteroatoms. The number of rotatable bonds is 1. The maximum Gasteiger partial charge on any atom is 0.339 e. The number of thiol groups is 1. The first-order chi connectivity index (χ1) is 5.66. The second-order valence-corrected chi connectivity index (χ2v) is 2.71. The maximum atomic E-state index is 11.1. The fraction of sp³-hybridized carbons (Fsp3) is 0.125. The molecular formula is C8H9NO2S. The van der Waals surface area contributed by atoms with Gasteiger partial charge in [0.05, 0.1) is 18.4 Å². The Bertz CT molecular complexity index is 312. The third-order valence-electron chi connectivity index (χ3n) is 1.49. The van der Waals surface area contributed by atoms with Gasteiger partial charge in [-0.3, -0.25) is 0 Å². The molecule has 0 radical (unpaired) electrons. The highest BCUT2D eigenvalue weighted by atomic mass is 32.1. The standard InChI is InChI=1S/C8H9NO2S/c1-11-8(10)5-3-2-4-6(12)7(5)9/h2-4,12H,9H2,1H3. The smallest absolute Gasteiger partial charge is 0.339 e. The number of esters is 1. The third kappa shape index (κ3) is 1.53. The van der Waals surface area contributed by atoms with Crippen molar-refractivity contribution >= 4 is 24.3 Å². The summed E-state index contributed by atoms with van der Waals surface area (Å²) in [6.45, 7) is 0. The highest BCUT2D eigenvalue weighted by Crippen LogP contribution is 2.20. The summed E-state index contributed by atoms with van der Waals surface area (Å²) in [6, 6.07) is 5.01. The van der Waals surface area contributed by atoms with Crippen LogP contribution in [0.5, 0.6) is 0 Å². The van der Waals surface area contributed by atoms with Crippen molar-refractivity contribution in [2.24, 2.45) is 0 Å². The molecule has 0 amide bonds. The average Bonchev–Trinajstić information content (AvgIpc) is 2.08. The molecule has 0 saturated heterocycles. The minimum atomic E-state index is -0.441. The summed E-state index contributed by atoms with van der Waals surface area (Å²) < 4.78 is 4.52. The van der Waals surface area contributed by atoms with Gasteiger partial charge in [-0.25, -0.2) is 4.79 Å². The lowest BCUT2D eigenvalue weighted by molar-refractivity contribution is 0.0601. The molecule has 0 spiro atoms. The van der Waals surface area contributed by atoms with Crippen molar-refractivity contribution < 1.29 is 9.53 Å². The number of hydrogen-bond acceptors (Lipinski definition) is 4. The van der Waals surface area contributed by atoms with Gasteiger partial charge in [0.15, 0.2) is 0 Å². The zero-order valence-corrected chi connectivity index (χ0v) is 7.47. The third-order valence-corrected chi connectivity index (χ3v) is 1.88. The summed E-state index contributed by atoms with van der Waals surface area (Å²) in [4.78, 5) is 11.6. The Kier molecular flexibility index (Phi) is 2.60. The Balaban J connectivity index is 3.16. The Morgan fingerprint density at radius 1 is 1.58 bits per heavy atom. The van der Waals surface area contributed by atoms with E-state index in [0.29, 0.717) is 16.1 Å². The summed E-state index contributed by atoms with van der Waals surface area (Å²) in [7, 11) is 1.31. The van der Waals surface area contributed by atoms with Crippen LogP contribution in [0.1, 0.15) is 10.4 Å². The van der Waals surface area contributed by atoms with Crippen molar-refractivity contribution in [1.82, 2.24) is 0 Å². The van der Waals surface area contributed by atoms with E-state index in [4.69, 9.17) is 5.73 Å². The molecule has 3 nitrogen and oxygen atoms in total. The summed E-state index contributed by atoms with van der Waals surface area (Å²) in [5.41, 5.74) is 6.29. The van der Waals surface area contributed by atoms with Gasteiger partial charge in [-0.05, 0) is 12.1 Å². The molecule has 0 aliphatic rings. The Hall–Kier alpha value is -1.16. The van der Waals surface area contributed by atoms with Crippen LogP contribution in [0.2, 0.25) is 0 Å². The first kappa shape index (κ1) is 8.93. The van der Waals surface area contributed by atoms with Crippen molar-refractivity contribution in [2.75, 3.05) is 12.8 Å². The van der Waals surface area contributed by atoms with E-state index in [1.165, 1.54) is 7.11 Å². The molecule has 64 valence electrons. The summed E-state index contributed by atoms with van der Waals surface area (Å²) in [5.74, 6) is -0.441. The zero-order chi connectivity index (χ0) is 9.14. The van der Waals surface area contributed by atoms with E-state index in [2.05, 4.69) is 17.4 Å². The largest absolute Gasteiger partial charge is 0.465 e. The molecule has 1 rings (SSSR count). The molecule has 0 fully saturated rings. The van der Waals surface area contributed by atoms with Gasteiger partial charge >= 0.3 is 5.97 Å². The van der Waals surface area contributed by atoms with Crippen LogP contribution >= 0.6 is 12.6 Å². The minimum Gasteiger partial charge on any atom is -0.465 e. The quantitative estimate of drug-likeness (QED) is 0.392. The lowest BCUT2D eigenvalue weighted by atomic mass is 10.2. The normalized spacial score (nSPS) is 9.50. The van der Waals surface area contributed by atoms with E-state index in [1.54, 1.807) is 18.2 Å². The molecule has 12 heavy (non-hydrogen) atoms. The second kappa shape index (κ2) is 3.49. The molecular weight excluding hydrogens is 174 g/mol. The fourth-order valence-electron chi connectivity index (χ4n) is 0.841. The second-order valence-electron chi connectivity index (χ2n) is 2.23. The lowest BCUT2D eigenvalue weighted by Crippen LogP contribution is -2.05. The van der Waals surface area contributed by atoms with Crippen molar-refractivity contribution in [3.8, 4) is 0 Å². The first-order valence-corrected chi connectivity index (χ1v) is 3.77. The van der Waals surface area contributed by atoms with Gasteiger partial charge in [0.1, 0.15) is 0 Å². The molecule has 1 aromatic rings. The van der Waals surface area contributed by atoms with E-state index in [9.17, 15) is 4.79 Å². The highest BCUT2D eigenvalue weighted by Gasteiger charge is 2.10. The average molecular weight is 183 g/mol. The summed E-state index contributed by atoms with van der Waals surface area (Å²) in [6.07, 6.45) is 0. The number of hydrogen-bond donors (Lipinski definition) is 2. The maximum absolute atomic E-state index is 11.1. The van der Waals surface area contributed by atoms with Gasteiger partial charge in [-0.15, -0.1) is 12.6 Å². The molecule has 0 bridgehead atoms. The molecule has 2 N–H and O–H groups in total. The van der Waals surface area contributed by atoms with Crippen LogP contribution in [-0.2, 0) is 4.74 Å². The van der Waals surface area contributed by atoms with E-state index < -0.39 is 5.97 Å². The van der Waals surface area contributed by atoms with Gasteiger partial charge in [0, 0.05) is 4.90 Å². The lowest BCUT2D eigenvalue weighted by Gasteiger charge is -2.04. The van der Waals surface area contributed by atoms with Crippen molar-refractivity contribution in [3.05, 3.63) is 23.8 Å². The van der Waals surface area contributed by atoms with Crippen LogP contribution < -0.4 is 5.73 Å². The SMILES string of the molecule is COC(=O)c1cccc(S)c1N. The number of carbonyl (C=O) groups excluding carboxylic acids is 1. The molecule has 1 aromatic carbocycles. The van der Waals surface area contributed by atoms with Gasteiger partial charge in [-0.2, -0.15) is 0 Å². The number of ether oxygens (including phenoxy) is 1. The molecule has 0 saturated carbocycles. The monoisotopic (exact) mass is 183 g/mol. The molecule has 0 atom stereocenters. The number of carbonyl (C=O) groups is 1. The van der Waals surface area contributed by atoms with Gasteiger partial charge in [0.25, 0.3) is 0 Å². The van der Waals surface area contributed by atoms with Crippen molar-refractivity contribution in [2.45, 2.75) is 4.90 Å². The van der Waals surface area contributed by atoms with Crippen LogP contribution in [0.25, 0.3) is 0 Å². The van der Waals surface area contributed by atoms with Crippen LogP contribution in [0.3, 0.4) is 0 Å². The van der Waals surface area contributed by atoms with Crippen molar-refractivity contribution in [3.63, 3.8) is 0 Å². The van der Waals surface area contributed by atoms with Gasteiger partial charge < -0.3 is 10.5 Å². The zero-order valence-electron chi connectivity index (χ0n) is 6.57. The molecule has 0 aliphatic heterocycles. The molecule has 0 unspecified atom stereocenters. The van der Waals surface area contributed by atoms with Crippen LogP contribution in [-0.4, -0.2) is 13.1 Å². The molecule has 0 aliphatic carbocycles. The Morgan fingerprint density at radius 3 is 2.83 bits per heavy atom. The van der Waals surface area contributed by atoms with E-state index in [0.717, 1.165) is 0 Å². The predicted octanol–water partition coefficient (Wildman–Crippen LogP) is 1.34. The summed E-state index contributed by atoms with van der Waals surface area (Å²) in [5, 5.41) is 0. The van der Waals surface area contributed by atoms with E-state index >= 15 is 0 Å².